The van der Waals surface area contributed by atoms with Crippen LogP contribution in [0.3, 0.4) is 0 Å². The predicted octanol–water partition coefficient (Wildman–Crippen LogP) is 2.93. The molecule has 2 rings (SSSR count). The molecule has 0 saturated carbocycles. The van der Waals surface area contributed by atoms with Gasteiger partial charge in [-0.05, 0) is 13.1 Å². The molecule has 1 atom stereocenters. The summed E-state index contributed by atoms with van der Waals surface area (Å²) in [7, 11) is -1.38. The van der Waals surface area contributed by atoms with Crippen LogP contribution in [0.4, 0.5) is 0 Å². The first-order valence-electron chi connectivity index (χ1n) is 5.75. The molecule has 0 unspecified atom stereocenters. The van der Waals surface area contributed by atoms with Gasteiger partial charge in [0.25, 0.3) is 0 Å². The van der Waals surface area contributed by atoms with E-state index < -0.39 is 7.67 Å². The Labute approximate surface area is 112 Å². The molecule has 0 aliphatic carbocycles. The lowest BCUT2D eigenvalue weighted by Crippen LogP contribution is -2.32. The van der Waals surface area contributed by atoms with Gasteiger partial charge in [0.05, 0.1) is 0 Å². The molecular weight excluding hydrogens is 271 g/mol. The zero-order chi connectivity index (χ0) is 13.0. The molecule has 98 valence electrons. The Morgan fingerprint density at radius 3 is 2.78 bits per heavy atom. The number of benzene rings is 1. The second kappa shape index (κ2) is 5.89. The molecule has 1 heterocycles. The molecule has 0 saturated heterocycles. The maximum atomic E-state index is 12.6. The molecule has 1 aliphatic heterocycles. The molecule has 0 aromatic heterocycles. The van der Waals surface area contributed by atoms with E-state index in [9.17, 15) is 4.57 Å². The van der Waals surface area contributed by atoms with Crippen molar-refractivity contribution < 1.29 is 9.09 Å². The van der Waals surface area contributed by atoms with Gasteiger partial charge in [0.2, 0.25) is 0 Å². The van der Waals surface area contributed by atoms with E-state index >= 15 is 0 Å². The number of nitrogens with zero attached hydrogens (tertiary/aromatic N) is 1. The molecule has 1 aliphatic rings. The summed E-state index contributed by atoms with van der Waals surface area (Å²) in [5.41, 5.74) is 0.929. The molecule has 6 heteroatoms. The second-order valence-corrected chi connectivity index (χ2v) is 6.49. The normalized spacial score (nSPS) is 24.4. The Hall–Kier alpha value is -0.800. The molecule has 4 nitrogen and oxygen atoms in total. The summed E-state index contributed by atoms with van der Waals surface area (Å²) in [5, 5.41) is 2.77. The van der Waals surface area contributed by atoms with Crippen molar-refractivity contribution in [3.05, 3.63) is 42.0 Å². The summed E-state index contributed by atoms with van der Waals surface area (Å²) in [5.74, 6) is 1.07. The number of nitrogens with one attached hydrogen (secondary N) is 1. The monoisotopic (exact) mass is 286 g/mol. The quantitative estimate of drug-likeness (QED) is 0.682. The lowest BCUT2D eigenvalue weighted by atomic mass is 10.2. The van der Waals surface area contributed by atoms with Crippen molar-refractivity contribution in [2.45, 2.75) is 0 Å². The average Bonchev–Trinajstić information content (AvgIpc) is 2.42. The lowest BCUT2D eigenvalue weighted by Gasteiger charge is -2.33. The highest BCUT2D eigenvalue weighted by Gasteiger charge is 2.35. The van der Waals surface area contributed by atoms with Crippen LogP contribution in [0.15, 0.2) is 36.4 Å². The highest BCUT2D eigenvalue weighted by Crippen LogP contribution is 2.52. The topological polar surface area (TPSA) is 41.6 Å². The van der Waals surface area contributed by atoms with E-state index in [2.05, 4.69) is 5.09 Å². The van der Waals surface area contributed by atoms with Gasteiger partial charge in [-0.2, -0.15) is 0 Å². The predicted molar refractivity (Wildman–Crippen MR) is 74.5 cm³/mol. The average molecular weight is 287 g/mol. The third-order valence-electron chi connectivity index (χ3n) is 2.77. The van der Waals surface area contributed by atoms with Crippen LogP contribution in [-0.2, 0) is 9.09 Å². The van der Waals surface area contributed by atoms with Crippen LogP contribution in [0.1, 0.15) is 5.56 Å². The van der Waals surface area contributed by atoms with E-state index in [1.54, 1.807) is 11.7 Å². The standard InChI is InChI=1S/C12H16ClN2O2P/c1-14-18(16)15(10-8-13)9-7-12(17-18)11-5-3-2-4-6-11/h2-7H,8-10H2,1H3,(H,14,16)/t18-/m1/s1. The first-order chi connectivity index (χ1) is 8.69. The van der Waals surface area contributed by atoms with Crippen molar-refractivity contribution in [1.29, 1.82) is 0 Å². The minimum Gasteiger partial charge on any atom is -0.422 e. The first-order valence-corrected chi connectivity index (χ1v) is 7.86. The van der Waals surface area contributed by atoms with Crippen LogP contribution in [-0.4, -0.2) is 30.7 Å². The summed E-state index contributed by atoms with van der Waals surface area (Å²) in [6, 6.07) is 9.65. The van der Waals surface area contributed by atoms with Crippen LogP contribution in [0.25, 0.3) is 5.76 Å². The summed E-state index contributed by atoms with van der Waals surface area (Å²) < 4.78 is 20.0. The fourth-order valence-electron chi connectivity index (χ4n) is 1.80. The Morgan fingerprint density at radius 2 is 2.17 bits per heavy atom. The van der Waals surface area contributed by atoms with Crippen molar-refractivity contribution in [3.8, 4) is 0 Å². The zero-order valence-corrected chi connectivity index (χ0v) is 11.8. The first kappa shape index (κ1) is 13.6. The van der Waals surface area contributed by atoms with E-state index in [-0.39, 0.29) is 0 Å². The van der Waals surface area contributed by atoms with Crippen LogP contribution >= 0.6 is 19.3 Å². The minimum absolute atomic E-state index is 0.420. The van der Waals surface area contributed by atoms with Crippen molar-refractivity contribution in [2.24, 2.45) is 0 Å². The number of rotatable bonds is 4. The Kier molecular flexibility index (Phi) is 4.46. The van der Waals surface area contributed by atoms with Gasteiger partial charge < -0.3 is 4.52 Å². The van der Waals surface area contributed by atoms with E-state index in [0.29, 0.717) is 24.7 Å². The summed E-state index contributed by atoms with van der Waals surface area (Å²) >= 11 is 5.71. The fraction of sp³-hybridized carbons (Fsp3) is 0.333. The molecule has 0 amide bonds. The maximum absolute atomic E-state index is 12.6. The molecule has 0 spiro atoms. The molecule has 0 fully saturated rings. The number of hydrogen-bond acceptors (Lipinski definition) is 2. The van der Waals surface area contributed by atoms with E-state index in [1.165, 1.54) is 0 Å². The van der Waals surface area contributed by atoms with Crippen molar-refractivity contribution in [1.82, 2.24) is 9.76 Å². The number of alkyl halides is 1. The van der Waals surface area contributed by atoms with E-state index in [0.717, 1.165) is 5.56 Å². The summed E-state index contributed by atoms with van der Waals surface area (Å²) in [6.45, 7) is 1.09. The van der Waals surface area contributed by atoms with Gasteiger partial charge in [0.15, 0.2) is 0 Å². The Morgan fingerprint density at radius 1 is 1.44 bits per heavy atom. The SMILES string of the molecule is CN[P@@]1(=O)OC(c2ccccc2)=CCN1CCCl. The molecule has 18 heavy (non-hydrogen) atoms. The molecule has 0 bridgehead atoms. The largest absolute Gasteiger partial charge is 0.422 e. The number of halogens is 1. The maximum Gasteiger partial charge on any atom is 0.393 e. The Balaban J connectivity index is 2.25. The fourth-order valence-corrected chi connectivity index (χ4v) is 3.72. The van der Waals surface area contributed by atoms with Crippen molar-refractivity contribution in [2.75, 3.05) is 26.0 Å². The van der Waals surface area contributed by atoms with Crippen LogP contribution in [0.5, 0.6) is 0 Å². The van der Waals surface area contributed by atoms with Crippen LogP contribution < -0.4 is 5.09 Å². The molecule has 1 N–H and O–H groups in total. The molecule has 1 aromatic rings. The van der Waals surface area contributed by atoms with Crippen molar-refractivity contribution in [3.63, 3.8) is 0 Å². The zero-order valence-electron chi connectivity index (χ0n) is 10.2. The third-order valence-corrected chi connectivity index (χ3v) is 5.05. The molecular formula is C12H16ClN2O2P. The number of hydrogen-bond donors (Lipinski definition) is 1. The van der Waals surface area contributed by atoms with Gasteiger partial charge in [-0.3, -0.25) is 0 Å². The highest BCUT2D eigenvalue weighted by molar-refractivity contribution is 7.54. The highest BCUT2D eigenvalue weighted by atomic mass is 35.5. The second-order valence-electron chi connectivity index (χ2n) is 3.87. The lowest BCUT2D eigenvalue weighted by molar-refractivity contribution is 0.340. The minimum atomic E-state index is -3.01. The van der Waals surface area contributed by atoms with Crippen molar-refractivity contribution >= 4 is 25.0 Å². The molecule has 1 aromatic carbocycles. The van der Waals surface area contributed by atoms with E-state index in [1.807, 2.05) is 36.4 Å². The Bertz CT molecular complexity index is 478. The van der Waals surface area contributed by atoms with Gasteiger partial charge in [0, 0.05) is 24.5 Å². The summed E-state index contributed by atoms with van der Waals surface area (Å²) in [6.07, 6.45) is 1.93. The van der Waals surface area contributed by atoms with Gasteiger partial charge in [-0.25, -0.2) is 14.3 Å². The van der Waals surface area contributed by atoms with Crippen LogP contribution in [0, 0.1) is 0 Å². The van der Waals surface area contributed by atoms with Crippen LogP contribution in [0.2, 0.25) is 0 Å². The van der Waals surface area contributed by atoms with Gasteiger partial charge in [0.1, 0.15) is 5.76 Å². The van der Waals surface area contributed by atoms with Gasteiger partial charge in [-0.15, -0.1) is 11.6 Å². The third kappa shape index (κ3) is 2.78. The van der Waals surface area contributed by atoms with E-state index in [4.69, 9.17) is 16.1 Å². The van der Waals surface area contributed by atoms with Gasteiger partial charge >= 0.3 is 7.67 Å². The molecule has 0 radical (unpaired) electrons. The summed E-state index contributed by atoms with van der Waals surface area (Å²) in [4.78, 5) is 0. The smallest absolute Gasteiger partial charge is 0.393 e. The van der Waals surface area contributed by atoms with Gasteiger partial charge in [-0.1, -0.05) is 30.3 Å².